The summed E-state index contributed by atoms with van der Waals surface area (Å²) in [7, 11) is 0. The largest absolute Gasteiger partial charge is 0.508 e. The first-order valence-electron chi connectivity index (χ1n) is 6.44. The fourth-order valence-electron chi connectivity index (χ4n) is 2.20. The van der Waals surface area contributed by atoms with Crippen LogP contribution in [0.5, 0.6) is 5.75 Å². The van der Waals surface area contributed by atoms with E-state index in [2.05, 4.69) is 5.32 Å². The topological polar surface area (TPSA) is 58.6 Å². The number of fused-ring (bicyclic) bond motifs is 1. The number of phenols is 1. The number of ether oxygens (including phenoxy) is 1. The summed E-state index contributed by atoms with van der Waals surface area (Å²) in [5, 5.41) is 12.4. The van der Waals surface area contributed by atoms with Gasteiger partial charge in [-0.05, 0) is 41.8 Å². The molecule has 0 aromatic heterocycles. The highest BCUT2D eigenvalue weighted by molar-refractivity contribution is 6.04. The van der Waals surface area contributed by atoms with E-state index < -0.39 is 0 Å². The molecule has 2 N–H and O–H groups in total. The lowest BCUT2D eigenvalue weighted by atomic mass is 10.1. The Morgan fingerprint density at radius 3 is 2.75 bits per heavy atom. The van der Waals surface area contributed by atoms with Crippen molar-refractivity contribution in [2.45, 2.75) is 20.1 Å². The van der Waals surface area contributed by atoms with Crippen LogP contribution in [-0.4, -0.2) is 11.0 Å². The van der Waals surface area contributed by atoms with Crippen molar-refractivity contribution in [1.29, 1.82) is 0 Å². The molecule has 3 rings (SSSR count). The third kappa shape index (κ3) is 2.38. The number of phenolic OH excluding ortho intramolecular Hbond substituents is 1. The van der Waals surface area contributed by atoms with Crippen LogP contribution < -0.4 is 5.32 Å². The molecule has 0 radical (unpaired) electrons. The maximum Gasteiger partial charge on any atom is 0.255 e. The Labute approximate surface area is 117 Å². The fraction of sp³-hybridized carbons (Fsp3) is 0.188. The van der Waals surface area contributed by atoms with Crippen molar-refractivity contribution in [1.82, 2.24) is 0 Å². The fourth-order valence-corrected chi connectivity index (χ4v) is 2.20. The highest BCUT2D eigenvalue weighted by Gasteiger charge is 2.14. The molecule has 0 saturated carbocycles. The Bertz CT molecular complexity index is 679. The summed E-state index contributed by atoms with van der Waals surface area (Å²) in [6.45, 7) is 2.98. The number of amides is 1. The number of hydrogen-bond acceptors (Lipinski definition) is 3. The van der Waals surface area contributed by atoms with Gasteiger partial charge in [0, 0.05) is 17.3 Å². The second-order valence-electron chi connectivity index (χ2n) is 4.93. The summed E-state index contributed by atoms with van der Waals surface area (Å²) < 4.78 is 5.33. The number of aryl methyl sites for hydroxylation is 1. The number of rotatable bonds is 2. The van der Waals surface area contributed by atoms with E-state index in [1.54, 1.807) is 31.2 Å². The van der Waals surface area contributed by atoms with Gasteiger partial charge in [0.1, 0.15) is 5.75 Å². The SMILES string of the molecule is Cc1ccc(NC(=O)c2ccc3c(c2)COC3)cc1O. The summed E-state index contributed by atoms with van der Waals surface area (Å²) in [5.41, 5.74) is 4.14. The van der Waals surface area contributed by atoms with Gasteiger partial charge in [-0.25, -0.2) is 0 Å². The third-order valence-electron chi connectivity index (χ3n) is 3.45. The summed E-state index contributed by atoms with van der Waals surface area (Å²) in [6, 6.07) is 10.6. The molecule has 0 fully saturated rings. The average Bonchev–Trinajstić information content (AvgIpc) is 2.90. The molecule has 4 nitrogen and oxygen atoms in total. The number of carbonyl (C=O) groups is 1. The zero-order valence-electron chi connectivity index (χ0n) is 11.1. The normalized spacial score (nSPS) is 13.1. The van der Waals surface area contributed by atoms with Crippen molar-refractivity contribution in [3.63, 3.8) is 0 Å². The Kier molecular flexibility index (Phi) is 3.16. The number of nitrogens with one attached hydrogen (secondary N) is 1. The zero-order chi connectivity index (χ0) is 14.1. The van der Waals surface area contributed by atoms with Crippen molar-refractivity contribution in [2.75, 3.05) is 5.32 Å². The smallest absolute Gasteiger partial charge is 0.255 e. The van der Waals surface area contributed by atoms with Gasteiger partial charge in [0.05, 0.1) is 13.2 Å². The molecule has 0 unspecified atom stereocenters. The van der Waals surface area contributed by atoms with Gasteiger partial charge in [-0.3, -0.25) is 4.79 Å². The van der Waals surface area contributed by atoms with E-state index >= 15 is 0 Å². The predicted molar refractivity (Wildman–Crippen MR) is 75.7 cm³/mol. The molecule has 2 aromatic rings. The molecule has 1 heterocycles. The van der Waals surface area contributed by atoms with Crippen LogP contribution in [0.15, 0.2) is 36.4 Å². The molecule has 1 amide bonds. The van der Waals surface area contributed by atoms with Crippen molar-refractivity contribution in [2.24, 2.45) is 0 Å². The highest BCUT2D eigenvalue weighted by atomic mass is 16.5. The summed E-state index contributed by atoms with van der Waals surface area (Å²) in [6.07, 6.45) is 0. The van der Waals surface area contributed by atoms with Gasteiger partial charge in [0.2, 0.25) is 0 Å². The van der Waals surface area contributed by atoms with Crippen LogP contribution in [0.3, 0.4) is 0 Å². The molecule has 1 aliphatic heterocycles. The van der Waals surface area contributed by atoms with Gasteiger partial charge in [-0.15, -0.1) is 0 Å². The van der Waals surface area contributed by atoms with E-state index in [1.807, 2.05) is 12.1 Å². The molecular formula is C16H15NO3. The first kappa shape index (κ1) is 12.7. The maximum absolute atomic E-state index is 12.2. The van der Waals surface area contributed by atoms with Gasteiger partial charge in [-0.1, -0.05) is 12.1 Å². The molecule has 0 saturated heterocycles. The van der Waals surface area contributed by atoms with Crippen LogP contribution in [0, 0.1) is 6.92 Å². The quantitative estimate of drug-likeness (QED) is 0.881. The predicted octanol–water partition coefficient (Wildman–Crippen LogP) is 2.98. The lowest BCUT2D eigenvalue weighted by Gasteiger charge is -2.08. The number of hydrogen-bond donors (Lipinski definition) is 2. The number of aromatic hydroxyl groups is 1. The number of benzene rings is 2. The van der Waals surface area contributed by atoms with E-state index in [0.717, 1.165) is 16.7 Å². The second kappa shape index (κ2) is 4.98. The van der Waals surface area contributed by atoms with Crippen LogP contribution in [-0.2, 0) is 18.0 Å². The minimum absolute atomic E-state index is 0.171. The van der Waals surface area contributed by atoms with Gasteiger partial charge in [-0.2, -0.15) is 0 Å². The van der Waals surface area contributed by atoms with E-state index in [1.165, 1.54) is 0 Å². The minimum Gasteiger partial charge on any atom is -0.508 e. The van der Waals surface area contributed by atoms with Crippen molar-refractivity contribution in [3.8, 4) is 5.75 Å². The van der Waals surface area contributed by atoms with Gasteiger partial charge in [0.15, 0.2) is 0 Å². The molecule has 1 aliphatic rings. The molecular weight excluding hydrogens is 254 g/mol. The summed E-state index contributed by atoms with van der Waals surface area (Å²) >= 11 is 0. The van der Waals surface area contributed by atoms with E-state index in [9.17, 15) is 9.90 Å². The van der Waals surface area contributed by atoms with Crippen molar-refractivity contribution in [3.05, 3.63) is 58.7 Å². The molecule has 4 heteroatoms. The monoisotopic (exact) mass is 269 g/mol. The third-order valence-corrected chi connectivity index (χ3v) is 3.45. The lowest BCUT2D eigenvalue weighted by molar-refractivity contribution is 0.102. The summed E-state index contributed by atoms with van der Waals surface area (Å²) in [5.74, 6) is -0.0203. The molecule has 0 bridgehead atoms. The minimum atomic E-state index is -0.192. The Morgan fingerprint density at radius 1 is 1.15 bits per heavy atom. The first-order valence-corrected chi connectivity index (χ1v) is 6.44. The first-order chi connectivity index (χ1) is 9.63. The van der Waals surface area contributed by atoms with Crippen LogP contribution in [0.25, 0.3) is 0 Å². The number of anilines is 1. The van der Waals surface area contributed by atoms with Crippen LogP contribution >= 0.6 is 0 Å². The molecule has 102 valence electrons. The molecule has 0 aliphatic carbocycles. The Balaban J connectivity index is 1.80. The van der Waals surface area contributed by atoms with Crippen molar-refractivity contribution >= 4 is 11.6 Å². The number of carbonyl (C=O) groups excluding carboxylic acids is 1. The average molecular weight is 269 g/mol. The summed E-state index contributed by atoms with van der Waals surface area (Å²) in [4.78, 5) is 12.2. The van der Waals surface area contributed by atoms with E-state index in [4.69, 9.17) is 4.74 Å². The zero-order valence-corrected chi connectivity index (χ0v) is 11.1. The van der Waals surface area contributed by atoms with Crippen LogP contribution in [0.1, 0.15) is 27.0 Å². The maximum atomic E-state index is 12.2. The molecule has 0 atom stereocenters. The molecule has 2 aromatic carbocycles. The van der Waals surface area contributed by atoms with E-state index in [0.29, 0.717) is 24.5 Å². The van der Waals surface area contributed by atoms with Crippen LogP contribution in [0.4, 0.5) is 5.69 Å². The van der Waals surface area contributed by atoms with Gasteiger partial charge in [0.25, 0.3) is 5.91 Å². The lowest BCUT2D eigenvalue weighted by Crippen LogP contribution is -2.12. The van der Waals surface area contributed by atoms with Crippen LogP contribution in [0.2, 0.25) is 0 Å². The molecule has 0 spiro atoms. The highest BCUT2D eigenvalue weighted by Crippen LogP contribution is 2.23. The van der Waals surface area contributed by atoms with Gasteiger partial charge < -0.3 is 15.2 Å². The van der Waals surface area contributed by atoms with E-state index in [-0.39, 0.29) is 11.7 Å². The standard InChI is InChI=1S/C16H15NO3/c1-10-2-5-14(7-15(10)18)17-16(19)11-3-4-12-8-20-9-13(12)6-11/h2-7,18H,8-9H2,1H3,(H,17,19). The Morgan fingerprint density at radius 2 is 1.95 bits per heavy atom. The van der Waals surface area contributed by atoms with Gasteiger partial charge >= 0.3 is 0 Å². The molecule has 20 heavy (non-hydrogen) atoms. The van der Waals surface area contributed by atoms with Crippen molar-refractivity contribution < 1.29 is 14.6 Å². The Hall–Kier alpha value is -2.33. The second-order valence-corrected chi connectivity index (χ2v) is 4.93.